The number of para-hydroxylation sites is 2. The molecule has 3 aromatic rings. The molecule has 0 atom stereocenters. The second-order valence-corrected chi connectivity index (χ2v) is 7.35. The maximum Gasteiger partial charge on any atom is 0.151 e. The largest absolute Gasteiger partial charge is 0.495 e. The maximum absolute atomic E-state index is 13.5. The highest BCUT2D eigenvalue weighted by atomic mass is 19.1. The van der Waals surface area contributed by atoms with E-state index in [-0.39, 0.29) is 5.82 Å². The number of anilines is 2. The normalized spacial score (nSPS) is 14.7. The third-order valence-electron chi connectivity index (χ3n) is 5.37. The molecule has 2 heterocycles. The van der Waals surface area contributed by atoms with Crippen molar-refractivity contribution in [1.29, 1.82) is 0 Å². The summed E-state index contributed by atoms with van der Waals surface area (Å²) in [5, 5.41) is 12.2. The van der Waals surface area contributed by atoms with Gasteiger partial charge >= 0.3 is 0 Å². The molecule has 0 radical (unpaired) electrons. The number of aromatic nitrogens is 2. The highest BCUT2D eigenvalue weighted by Crippen LogP contribution is 2.30. The highest BCUT2D eigenvalue weighted by Gasteiger charge is 2.22. The lowest BCUT2D eigenvalue weighted by Crippen LogP contribution is -2.39. The summed E-state index contributed by atoms with van der Waals surface area (Å²) in [6.45, 7) is 3.90. The Morgan fingerprint density at radius 1 is 1.03 bits per heavy atom. The predicted molar refractivity (Wildman–Crippen MR) is 114 cm³/mol. The molecule has 1 aliphatic rings. The summed E-state index contributed by atoms with van der Waals surface area (Å²) < 4.78 is 19.0. The third-order valence-corrected chi connectivity index (χ3v) is 5.37. The molecule has 1 aliphatic heterocycles. The predicted octanol–water partition coefficient (Wildman–Crippen LogP) is 4.68. The molecule has 4 rings (SSSR count). The Labute approximate surface area is 170 Å². The zero-order valence-corrected chi connectivity index (χ0v) is 16.7. The zero-order chi connectivity index (χ0) is 20.2. The lowest BCUT2D eigenvalue weighted by molar-refractivity contribution is 0.411. The third kappa shape index (κ3) is 4.31. The maximum atomic E-state index is 13.5. The van der Waals surface area contributed by atoms with Crippen LogP contribution in [0.1, 0.15) is 18.4 Å². The Hall–Kier alpha value is -3.15. The van der Waals surface area contributed by atoms with Gasteiger partial charge in [-0.3, -0.25) is 0 Å². The molecule has 5 nitrogen and oxygen atoms in total. The fraction of sp³-hybridized carbons (Fsp3) is 0.304. The number of rotatable bonds is 5. The molecule has 1 saturated heterocycles. The van der Waals surface area contributed by atoms with Crippen LogP contribution in [0.15, 0.2) is 54.6 Å². The van der Waals surface area contributed by atoms with Crippen LogP contribution in [0.25, 0.3) is 11.3 Å². The van der Waals surface area contributed by atoms with E-state index in [2.05, 4.69) is 26.5 Å². The van der Waals surface area contributed by atoms with Gasteiger partial charge < -0.3 is 15.0 Å². The molecule has 1 N–H and O–H groups in total. The topological polar surface area (TPSA) is 50.3 Å². The van der Waals surface area contributed by atoms with Crippen molar-refractivity contribution in [3.63, 3.8) is 0 Å². The van der Waals surface area contributed by atoms with Crippen LogP contribution in [0.5, 0.6) is 5.75 Å². The van der Waals surface area contributed by atoms with Gasteiger partial charge in [0.15, 0.2) is 5.82 Å². The first-order valence-corrected chi connectivity index (χ1v) is 9.89. The Balaban J connectivity index is 1.40. The monoisotopic (exact) mass is 392 g/mol. The standard InChI is InChI=1S/C23H25FN4O/c1-16-14-20(17-6-5-7-18(24)15-17)26-27-23(16)25-19-10-12-28(13-11-19)21-8-3-4-9-22(21)29-2/h3-9,14-15,19H,10-13H2,1-2H3,(H,25,27). The van der Waals surface area contributed by atoms with Crippen molar-refractivity contribution in [3.05, 3.63) is 66.0 Å². The van der Waals surface area contributed by atoms with Crippen LogP contribution in [0, 0.1) is 12.7 Å². The van der Waals surface area contributed by atoms with Crippen molar-refractivity contribution in [1.82, 2.24) is 10.2 Å². The van der Waals surface area contributed by atoms with Gasteiger partial charge in [0.2, 0.25) is 0 Å². The lowest BCUT2D eigenvalue weighted by Gasteiger charge is -2.35. The SMILES string of the molecule is COc1ccccc1N1CCC(Nc2nnc(-c3cccc(F)c3)cc2C)CC1. The van der Waals surface area contributed by atoms with E-state index in [4.69, 9.17) is 4.74 Å². The number of piperidine rings is 1. The van der Waals surface area contributed by atoms with Crippen LogP contribution in [0.4, 0.5) is 15.9 Å². The van der Waals surface area contributed by atoms with Gasteiger partial charge in [-0.25, -0.2) is 4.39 Å². The first-order chi connectivity index (χ1) is 14.1. The molecule has 1 fully saturated rings. The molecule has 29 heavy (non-hydrogen) atoms. The summed E-state index contributed by atoms with van der Waals surface area (Å²) in [7, 11) is 1.71. The quantitative estimate of drug-likeness (QED) is 0.683. The Kier molecular flexibility index (Phi) is 5.60. The van der Waals surface area contributed by atoms with Gasteiger partial charge in [0, 0.05) is 24.7 Å². The summed E-state index contributed by atoms with van der Waals surface area (Å²) in [5.74, 6) is 1.43. The van der Waals surface area contributed by atoms with Gasteiger partial charge in [-0.1, -0.05) is 24.3 Å². The van der Waals surface area contributed by atoms with Crippen LogP contribution >= 0.6 is 0 Å². The molecular formula is C23H25FN4O. The first-order valence-electron chi connectivity index (χ1n) is 9.89. The van der Waals surface area contributed by atoms with Crippen molar-refractivity contribution < 1.29 is 9.13 Å². The van der Waals surface area contributed by atoms with Gasteiger partial charge in [-0.05, 0) is 55.7 Å². The van der Waals surface area contributed by atoms with Crippen LogP contribution in [-0.2, 0) is 0 Å². The average molecular weight is 392 g/mol. The van der Waals surface area contributed by atoms with Gasteiger partial charge in [0.05, 0.1) is 18.5 Å². The summed E-state index contributed by atoms with van der Waals surface area (Å²) >= 11 is 0. The van der Waals surface area contributed by atoms with E-state index in [1.54, 1.807) is 13.2 Å². The summed E-state index contributed by atoms with van der Waals surface area (Å²) in [4.78, 5) is 2.36. The Bertz CT molecular complexity index is 986. The first kappa shape index (κ1) is 19.2. The van der Waals surface area contributed by atoms with Crippen LogP contribution < -0.4 is 15.0 Å². The van der Waals surface area contributed by atoms with Crippen molar-refractivity contribution in [2.45, 2.75) is 25.8 Å². The molecule has 150 valence electrons. The number of hydrogen-bond donors (Lipinski definition) is 1. The number of nitrogens with one attached hydrogen (secondary N) is 1. The number of halogens is 1. The molecule has 0 bridgehead atoms. The van der Waals surface area contributed by atoms with E-state index >= 15 is 0 Å². The number of nitrogens with zero attached hydrogens (tertiary/aromatic N) is 3. The van der Waals surface area contributed by atoms with E-state index in [0.717, 1.165) is 54.3 Å². The van der Waals surface area contributed by atoms with Gasteiger partial charge in [-0.2, -0.15) is 0 Å². The van der Waals surface area contributed by atoms with Crippen LogP contribution in [0.3, 0.4) is 0 Å². The fourth-order valence-corrected chi connectivity index (χ4v) is 3.77. The summed E-state index contributed by atoms with van der Waals surface area (Å²) in [6.07, 6.45) is 2.01. The number of methoxy groups -OCH3 is 1. The highest BCUT2D eigenvalue weighted by molar-refractivity contribution is 5.62. The van der Waals surface area contributed by atoms with Gasteiger partial charge in [0.1, 0.15) is 11.6 Å². The summed E-state index contributed by atoms with van der Waals surface area (Å²) in [6, 6.07) is 16.9. The molecule has 0 unspecified atom stereocenters. The Morgan fingerprint density at radius 3 is 2.55 bits per heavy atom. The number of benzene rings is 2. The molecule has 0 amide bonds. The van der Waals surface area contributed by atoms with Crippen molar-refractivity contribution in [3.8, 4) is 17.0 Å². The number of aryl methyl sites for hydroxylation is 1. The second kappa shape index (κ2) is 8.47. The van der Waals surface area contributed by atoms with Crippen molar-refractivity contribution >= 4 is 11.5 Å². The van der Waals surface area contributed by atoms with Crippen LogP contribution in [0.2, 0.25) is 0 Å². The van der Waals surface area contributed by atoms with Crippen molar-refractivity contribution in [2.75, 3.05) is 30.4 Å². The van der Waals surface area contributed by atoms with E-state index in [1.807, 2.05) is 37.3 Å². The molecule has 0 spiro atoms. The lowest BCUT2D eigenvalue weighted by atomic mass is 10.0. The van der Waals surface area contributed by atoms with Crippen molar-refractivity contribution in [2.24, 2.45) is 0 Å². The Morgan fingerprint density at radius 2 is 1.83 bits per heavy atom. The van der Waals surface area contributed by atoms with E-state index < -0.39 is 0 Å². The molecule has 2 aromatic carbocycles. The van der Waals surface area contributed by atoms with E-state index in [9.17, 15) is 4.39 Å². The summed E-state index contributed by atoms with van der Waals surface area (Å²) in [5.41, 5.74) is 3.56. The molecule has 0 aliphatic carbocycles. The average Bonchev–Trinajstić information content (AvgIpc) is 2.75. The fourth-order valence-electron chi connectivity index (χ4n) is 3.77. The van der Waals surface area contributed by atoms with Crippen LogP contribution in [-0.4, -0.2) is 36.4 Å². The minimum Gasteiger partial charge on any atom is -0.495 e. The zero-order valence-electron chi connectivity index (χ0n) is 16.7. The molecule has 6 heteroatoms. The van der Waals surface area contributed by atoms with E-state index in [1.165, 1.54) is 12.1 Å². The van der Waals surface area contributed by atoms with Gasteiger partial charge in [-0.15, -0.1) is 10.2 Å². The number of hydrogen-bond acceptors (Lipinski definition) is 5. The molecule has 0 saturated carbocycles. The van der Waals surface area contributed by atoms with E-state index in [0.29, 0.717) is 11.7 Å². The smallest absolute Gasteiger partial charge is 0.151 e. The molecule has 1 aromatic heterocycles. The number of ether oxygens (including phenoxy) is 1. The second-order valence-electron chi connectivity index (χ2n) is 7.35. The van der Waals surface area contributed by atoms with Gasteiger partial charge in [0.25, 0.3) is 0 Å². The minimum absolute atomic E-state index is 0.272. The minimum atomic E-state index is -0.272. The molecular weight excluding hydrogens is 367 g/mol.